The lowest BCUT2D eigenvalue weighted by Gasteiger charge is -2.28. The van der Waals surface area contributed by atoms with Crippen molar-refractivity contribution in [1.29, 1.82) is 0 Å². The fraction of sp³-hybridized carbons (Fsp3) is 0.929. The van der Waals surface area contributed by atoms with Crippen LogP contribution >= 0.6 is 0 Å². The van der Waals surface area contributed by atoms with E-state index in [1.165, 1.54) is 7.11 Å². The van der Waals surface area contributed by atoms with Gasteiger partial charge in [-0.25, -0.2) is 0 Å². The van der Waals surface area contributed by atoms with Crippen molar-refractivity contribution in [3.63, 3.8) is 0 Å². The van der Waals surface area contributed by atoms with Crippen molar-refractivity contribution in [3.8, 4) is 0 Å². The number of hydrogen-bond acceptors (Lipinski definition) is 4. The van der Waals surface area contributed by atoms with Crippen LogP contribution in [0.1, 0.15) is 47.5 Å². The SMILES string of the molecule is CCCN(CCC(NC(C)C)C(=O)OC)C(C)C. The third-order valence-electron chi connectivity index (χ3n) is 2.97. The van der Waals surface area contributed by atoms with Gasteiger partial charge < -0.3 is 15.0 Å². The van der Waals surface area contributed by atoms with Gasteiger partial charge in [0.05, 0.1) is 7.11 Å². The fourth-order valence-electron chi connectivity index (χ4n) is 2.02. The lowest BCUT2D eigenvalue weighted by molar-refractivity contribution is -0.143. The lowest BCUT2D eigenvalue weighted by atomic mass is 10.1. The van der Waals surface area contributed by atoms with Crippen molar-refractivity contribution >= 4 is 5.97 Å². The van der Waals surface area contributed by atoms with E-state index in [9.17, 15) is 4.79 Å². The van der Waals surface area contributed by atoms with Gasteiger partial charge in [0.1, 0.15) is 6.04 Å². The highest BCUT2D eigenvalue weighted by atomic mass is 16.5. The van der Waals surface area contributed by atoms with E-state index in [0.717, 1.165) is 25.9 Å². The molecule has 0 bridgehead atoms. The van der Waals surface area contributed by atoms with Gasteiger partial charge in [0.25, 0.3) is 0 Å². The minimum absolute atomic E-state index is 0.163. The van der Waals surface area contributed by atoms with Gasteiger partial charge in [-0.3, -0.25) is 4.79 Å². The molecule has 4 heteroatoms. The first-order chi connectivity index (χ1) is 8.42. The van der Waals surface area contributed by atoms with Crippen molar-refractivity contribution in [2.24, 2.45) is 0 Å². The maximum atomic E-state index is 11.7. The Morgan fingerprint density at radius 3 is 2.22 bits per heavy atom. The zero-order valence-electron chi connectivity index (χ0n) is 12.8. The topological polar surface area (TPSA) is 41.6 Å². The summed E-state index contributed by atoms with van der Waals surface area (Å²) < 4.78 is 4.85. The largest absolute Gasteiger partial charge is 0.468 e. The van der Waals surface area contributed by atoms with Crippen molar-refractivity contribution < 1.29 is 9.53 Å². The van der Waals surface area contributed by atoms with Crippen LogP contribution in [-0.4, -0.2) is 49.2 Å². The molecule has 0 amide bonds. The van der Waals surface area contributed by atoms with E-state index in [0.29, 0.717) is 6.04 Å². The van der Waals surface area contributed by atoms with E-state index >= 15 is 0 Å². The summed E-state index contributed by atoms with van der Waals surface area (Å²) in [4.78, 5) is 14.1. The highest BCUT2D eigenvalue weighted by Gasteiger charge is 2.21. The Hall–Kier alpha value is -0.610. The van der Waals surface area contributed by atoms with Crippen molar-refractivity contribution in [2.75, 3.05) is 20.2 Å². The van der Waals surface area contributed by atoms with Crippen molar-refractivity contribution in [2.45, 2.75) is 65.6 Å². The highest BCUT2D eigenvalue weighted by Crippen LogP contribution is 2.05. The summed E-state index contributed by atoms with van der Waals surface area (Å²) in [5, 5.41) is 3.27. The molecule has 0 radical (unpaired) electrons. The third kappa shape index (κ3) is 6.97. The average molecular weight is 258 g/mol. The number of carbonyl (C=O) groups is 1. The standard InChI is InChI=1S/C14H30N2O2/c1-7-9-16(12(4)5)10-8-13(14(17)18-6)15-11(2)3/h11-13,15H,7-10H2,1-6H3. The predicted octanol–water partition coefficient (Wildman–Crippen LogP) is 2.04. The van der Waals surface area contributed by atoms with Gasteiger partial charge in [-0.1, -0.05) is 20.8 Å². The van der Waals surface area contributed by atoms with Crippen LogP contribution in [0, 0.1) is 0 Å². The second kappa shape index (κ2) is 9.34. The Morgan fingerprint density at radius 1 is 1.22 bits per heavy atom. The quantitative estimate of drug-likeness (QED) is 0.643. The Kier molecular flexibility index (Phi) is 9.02. The molecule has 4 nitrogen and oxygen atoms in total. The predicted molar refractivity (Wildman–Crippen MR) is 75.7 cm³/mol. The Labute approximate surface area is 112 Å². The Balaban J connectivity index is 4.34. The molecule has 0 aromatic carbocycles. The van der Waals surface area contributed by atoms with Crippen LogP contribution in [0.4, 0.5) is 0 Å². The van der Waals surface area contributed by atoms with Crippen molar-refractivity contribution in [3.05, 3.63) is 0 Å². The summed E-state index contributed by atoms with van der Waals surface area (Å²) in [7, 11) is 1.45. The smallest absolute Gasteiger partial charge is 0.322 e. The number of nitrogens with one attached hydrogen (secondary N) is 1. The van der Waals surface area contributed by atoms with Gasteiger partial charge in [0.2, 0.25) is 0 Å². The number of methoxy groups -OCH3 is 1. The first kappa shape index (κ1) is 17.4. The zero-order chi connectivity index (χ0) is 14.1. The molecule has 0 aliphatic heterocycles. The molecule has 0 aromatic rings. The molecule has 0 fully saturated rings. The molecular weight excluding hydrogens is 228 g/mol. The molecule has 0 aliphatic carbocycles. The van der Waals surface area contributed by atoms with Crippen molar-refractivity contribution in [1.82, 2.24) is 10.2 Å². The summed E-state index contributed by atoms with van der Waals surface area (Å²) in [6.45, 7) is 12.7. The summed E-state index contributed by atoms with van der Waals surface area (Å²) in [6, 6.07) is 0.600. The second-order valence-electron chi connectivity index (χ2n) is 5.32. The average Bonchev–Trinajstić information content (AvgIpc) is 2.30. The molecular formula is C14H30N2O2. The molecule has 0 spiro atoms. The number of hydrogen-bond donors (Lipinski definition) is 1. The molecule has 1 atom stereocenters. The van der Waals surface area contributed by atoms with Crippen LogP contribution in [0.15, 0.2) is 0 Å². The summed E-state index contributed by atoms with van der Waals surface area (Å²) in [5.74, 6) is -0.163. The van der Waals surface area contributed by atoms with Crippen LogP contribution in [0.2, 0.25) is 0 Å². The van der Waals surface area contributed by atoms with E-state index in [1.54, 1.807) is 0 Å². The molecule has 0 saturated heterocycles. The molecule has 0 heterocycles. The first-order valence-electron chi connectivity index (χ1n) is 7.00. The molecule has 0 rings (SSSR count). The highest BCUT2D eigenvalue weighted by molar-refractivity contribution is 5.75. The van der Waals surface area contributed by atoms with Crippen LogP contribution in [0.5, 0.6) is 0 Å². The van der Waals surface area contributed by atoms with E-state index < -0.39 is 0 Å². The Bertz CT molecular complexity index is 230. The van der Waals surface area contributed by atoms with Gasteiger partial charge in [0.15, 0.2) is 0 Å². The molecule has 0 aromatic heterocycles. The minimum atomic E-state index is -0.201. The zero-order valence-corrected chi connectivity index (χ0v) is 12.8. The van der Waals surface area contributed by atoms with Crippen LogP contribution < -0.4 is 5.32 Å². The summed E-state index contributed by atoms with van der Waals surface area (Å²) >= 11 is 0. The number of nitrogens with zero attached hydrogens (tertiary/aromatic N) is 1. The summed E-state index contributed by atoms with van der Waals surface area (Å²) in [6.07, 6.45) is 1.93. The van der Waals surface area contributed by atoms with E-state index in [-0.39, 0.29) is 18.1 Å². The van der Waals surface area contributed by atoms with E-state index in [2.05, 4.69) is 31.0 Å². The molecule has 0 aliphatic rings. The lowest BCUT2D eigenvalue weighted by Crippen LogP contribution is -2.44. The minimum Gasteiger partial charge on any atom is -0.468 e. The normalized spacial score (nSPS) is 13.4. The maximum absolute atomic E-state index is 11.7. The first-order valence-corrected chi connectivity index (χ1v) is 7.00. The van der Waals surface area contributed by atoms with Gasteiger partial charge in [-0.2, -0.15) is 0 Å². The molecule has 0 saturated carbocycles. The monoisotopic (exact) mass is 258 g/mol. The molecule has 1 unspecified atom stereocenters. The molecule has 18 heavy (non-hydrogen) atoms. The van der Waals surface area contributed by atoms with E-state index in [4.69, 9.17) is 4.74 Å². The van der Waals surface area contributed by atoms with Gasteiger partial charge in [-0.15, -0.1) is 0 Å². The number of esters is 1. The van der Waals surface area contributed by atoms with Crippen LogP contribution in [0.25, 0.3) is 0 Å². The number of ether oxygens (including phenoxy) is 1. The number of carbonyl (C=O) groups excluding carboxylic acids is 1. The maximum Gasteiger partial charge on any atom is 0.322 e. The van der Waals surface area contributed by atoms with E-state index in [1.807, 2.05) is 13.8 Å². The number of rotatable bonds is 9. The van der Waals surface area contributed by atoms with Gasteiger partial charge in [-0.05, 0) is 33.2 Å². The fourth-order valence-corrected chi connectivity index (χ4v) is 2.02. The molecule has 108 valence electrons. The third-order valence-corrected chi connectivity index (χ3v) is 2.97. The van der Waals surface area contributed by atoms with Crippen LogP contribution in [0.3, 0.4) is 0 Å². The Morgan fingerprint density at radius 2 is 1.83 bits per heavy atom. The van der Waals surface area contributed by atoms with Gasteiger partial charge >= 0.3 is 5.97 Å². The van der Waals surface area contributed by atoms with Crippen LogP contribution in [-0.2, 0) is 9.53 Å². The second-order valence-corrected chi connectivity index (χ2v) is 5.32. The molecule has 1 N–H and O–H groups in total. The van der Waals surface area contributed by atoms with Gasteiger partial charge in [0, 0.05) is 18.6 Å². The summed E-state index contributed by atoms with van der Waals surface area (Å²) in [5.41, 5.74) is 0.